The first-order valence-corrected chi connectivity index (χ1v) is 6.70. The molecule has 0 spiro atoms. The van der Waals surface area contributed by atoms with Gasteiger partial charge in [0.1, 0.15) is 12.4 Å². The van der Waals surface area contributed by atoms with Crippen molar-refractivity contribution in [1.82, 2.24) is 0 Å². The van der Waals surface area contributed by atoms with E-state index < -0.39 is 0 Å². The van der Waals surface area contributed by atoms with Crippen LogP contribution in [0.15, 0.2) is 41.6 Å². The van der Waals surface area contributed by atoms with Gasteiger partial charge in [-0.3, -0.25) is 0 Å². The van der Waals surface area contributed by atoms with Crippen LogP contribution in [-0.4, -0.2) is 11.4 Å². The molecular weight excluding hydrogens is 297 g/mol. The Hall–Kier alpha value is -1.71. The van der Waals surface area contributed by atoms with Gasteiger partial charge in [-0.1, -0.05) is 58.2 Å². The van der Waals surface area contributed by atoms with E-state index in [-0.39, 0.29) is 0 Å². The van der Waals surface area contributed by atoms with Crippen molar-refractivity contribution in [2.75, 3.05) is 0 Å². The summed E-state index contributed by atoms with van der Waals surface area (Å²) < 4.78 is 5.71. The van der Waals surface area contributed by atoms with E-state index in [0.717, 1.165) is 5.56 Å². The van der Waals surface area contributed by atoms with E-state index in [9.17, 15) is 0 Å². The zero-order chi connectivity index (χ0) is 14.5. The predicted molar refractivity (Wildman–Crippen MR) is 81.4 cm³/mol. The minimum absolute atomic E-state index is 0.369. The molecule has 0 heterocycles. The molecule has 20 heavy (non-hydrogen) atoms. The first kappa shape index (κ1) is 14.7. The summed E-state index contributed by atoms with van der Waals surface area (Å²) in [4.78, 5) is 0. The van der Waals surface area contributed by atoms with E-state index in [2.05, 4.69) is 5.16 Å². The van der Waals surface area contributed by atoms with Gasteiger partial charge in [-0.25, -0.2) is 0 Å². The summed E-state index contributed by atoms with van der Waals surface area (Å²) in [6, 6.07) is 11.2. The molecule has 0 bridgehead atoms. The van der Waals surface area contributed by atoms with E-state index in [0.29, 0.717) is 28.0 Å². The second-order valence-corrected chi connectivity index (χ2v) is 5.17. The number of rotatable bonds is 4. The number of nitrogens with zero attached hydrogens (tertiary/aromatic N) is 1. The summed E-state index contributed by atoms with van der Waals surface area (Å²) in [6.07, 6.45) is 1.24. The van der Waals surface area contributed by atoms with Crippen molar-refractivity contribution in [2.45, 2.75) is 13.5 Å². The van der Waals surface area contributed by atoms with Crippen molar-refractivity contribution >= 4 is 29.4 Å². The van der Waals surface area contributed by atoms with Crippen LogP contribution >= 0.6 is 23.2 Å². The highest BCUT2D eigenvalue weighted by atomic mass is 35.5. The van der Waals surface area contributed by atoms with Crippen LogP contribution in [0.1, 0.15) is 16.7 Å². The van der Waals surface area contributed by atoms with Gasteiger partial charge in [0.25, 0.3) is 0 Å². The Kier molecular flexibility index (Phi) is 4.88. The van der Waals surface area contributed by atoms with Crippen molar-refractivity contribution in [1.29, 1.82) is 0 Å². The van der Waals surface area contributed by atoms with Gasteiger partial charge in [-0.2, -0.15) is 0 Å². The number of hydrogen-bond acceptors (Lipinski definition) is 3. The summed E-state index contributed by atoms with van der Waals surface area (Å²) in [5, 5.41) is 12.5. The van der Waals surface area contributed by atoms with Gasteiger partial charge < -0.3 is 9.94 Å². The Bertz CT molecular complexity index is 625. The molecule has 0 aromatic heterocycles. The molecule has 2 rings (SSSR count). The maximum atomic E-state index is 8.67. The van der Waals surface area contributed by atoms with Crippen LogP contribution in [0.2, 0.25) is 10.0 Å². The molecular formula is C15H13Cl2NO2. The molecule has 0 radical (unpaired) electrons. The monoisotopic (exact) mass is 309 g/mol. The molecule has 0 unspecified atom stereocenters. The molecule has 0 saturated carbocycles. The molecule has 0 aliphatic heterocycles. The first-order chi connectivity index (χ1) is 9.60. The molecule has 2 aromatic carbocycles. The molecule has 1 N–H and O–H groups in total. The fourth-order valence-electron chi connectivity index (χ4n) is 1.73. The number of halogens is 2. The number of ether oxygens (including phenoxy) is 1. The van der Waals surface area contributed by atoms with E-state index in [1.807, 2.05) is 31.2 Å². The highest BCUT2D eigenvalue weighted by molar-refractivity contribution is 6.36. The summed E-state index contributed by atoms with van der Waals surface area (Å²) in [5.41, 5.74) is 2.73. The molecule has 0 fully saturated rings. The predicted octanol–water partition coefficient (Wildman–Crippen LogP) is 4.69. The Morgan fingerprint density at radius 2 is 1.90 bits per heavy atom. The lowest BCUT2D eigenvalue weighted by molar-refractivity contribution is 0.304. The molecule has 0 saturated heterocycles. The van der Waals surface area contributed by atoms with Crippen LogP contribution in [0, 0.1) is 6.92 Å². The van der Waals surface area contributed by atoms with Crippen LogP contribution in [-0.2, 0) is 6.61 Å². The third-order valence-corrected chi connectivity index (χ3v) is 3.24. The summed E-state index contributed by atoms with van der Waals surface area (Å²) in [6.45, 7) is 2.39. The van der Waals surface area contributed by atoms with Gasteiger partial charge in [0.05, 0.1) is 11.2 Å². The van der Waals surface area contributed by atoms with E-state index in [1.54, 1.807) is 12.1 Å². The standard InChI is InChI=1S/C15H13Cl2NO2/c1-10-2-4-11(5-3-10)9-20-15-12(8-18-19)6-13(16)7-14(15)17/h2-8,19H,9H2,1H3/b18-8-. The lowest BCUT2D eigenvalue weighted by Gasteiger charge is -2.11. The quantitative estimate of drug-likeness (QED) is 0.506. The van der Waals surface area contributed by atoms with Crippen molar-refractivity contribution in [3.63, 3.8) is 0 Å². The van der Waals surface area contributed by atoms with Gasteiger partial charge >= 0.3 is 0 Å². The summed E-state index contributed by atoms with van der Waals surface area (Å²) in [7, 11) is 0. The maximum Gasteiger partial charge on any atom is 0.147 e. The average Bonchev–Trinajstić information content (AvgIpc) is 2.40. The number of hydrogen-bond donors (Lipinski definition) is 1. The van der Waals surface area contributed by atoms with Gasteiger partial charge in [0.2, 0.25) is 0 Å². The fraction of sp³-hybridized carbons (Fsp3) is 0.133. The summed E-state index contributed by atoms with van der Waals surface area (Å²) in [5.74, 6) is 0.439. The van der Waals surface area contributed by atoms with Gasteiger partial charge in [-0.05, 0) is 24.6 Å². The van der Waals surface area contributed by atoms with E-state index in [1.165, 1.54) is 11.8 Å². The topological polar surface area (TPSA) is 41.8 Å². The second kappa shape index (κ2) is 6.64. The molecule has 0 aliphatic rings. The van der Waals surface area contributed by atoms with Crippen LogP contribution < -0.4 is 4.74 Å². The Balaban J connectivity index is 2.22. The minimum atomic E-state index is 0.369. The average molecular weight is 310 g/mol. The highest BCUT2D eigenvalue weighted by Crippen LogP contribution is 2.32. The zero-order valence-electron chi connectivity index (χ0n) is 10.8. The van der Waals surface area contributed by atoms with Crippen LogP contribution in [0.25, 0.3) is 0 Å². The van der Waals surface area contributed by atoms with Crippen LogP contribution in [0.5, 0.6) is 5.75 Å². The van der Waals surface area contributed by atoms with E-state index in [4.69, 9.17) is 33.1 Å². The number of aryl methyl sites for hydroxylation is 1. The zero-order valence-corrected chi connectivity index (χ0v) is 12.3. The summed E-state index contributed by atoms with van der Waals surface area (Å²) >= 11 is 12.0. The fourth-order valence-corrected chi connectivity index (χ4v) is 2.29. The number of benzene rings is 2. The molecule has 3 nitrogen and oxygen atoms in total. The second-order valence-electron chi connectivity index (χ2n) is 4.32. The van der Waals surface area contributed by atoms with Crippen molar-refractivity contribution in [3.8, 4) is 5.75 Å². The normalized spacial score (nSPS) is 10.9. The van der Waals surface area contributed by atoms with Crippen LogP contribution in [0.3, 0.4) is 0 Å². The lowest BCUT2D eigenvalue weighted by Crippen LogP contribution is -1.99. The Morgan fingerprint density at radius 1 is 1.20 bits per heavy atom. The van der Waals surface area contributed by atoms with Gasteiger partial charge in [-0.15, -0.1) is 0 Å². The maximum absolute atomic E-state index is 8.67. The lowest BCUT2D eigenvalue weighted by atomic mass is 10.1. The highest BCUT2D eigenvalue weighted by Gasteiger charge is 2.10. The SMILES string of the molecule is Cc1ccc(COc2c(Cl)cc(Cl)cc2/C=N\O)cc1. The first-order valence-electron chi connectivity index (χ1n) is 5.95. The molecule has 0 atom stereocenters. The third-order valence-electron chi connectivity index (χ3n) is 2.74. The number of oxime groups is 1. The van der Waals surface area contributed by atoms with Crippen molar-refractivity contribution < 1.29 is 9.94 Å². The van der Waals surface area contributed by atoms with Crippen LogP contribution in [0.4, 0.5) is 0 Å². The molecule has 104 valence electrons. The van der Waals surface area contributed by atoms with Gasteiger partial charge in [0, 0.05) is 10.6 Å². The third kappa shape index (κ3) is 3.65. The smallest absolute Gasteiger partial charge is 0.147 e. The van der Waals surface area contributed by atoms with E-state index >= 15 is 0 Å². The largest absolute Gasteiger partial charge is 0.487 e. The molecule has 0 amide bonds. The van der Waals surface area contributed by atoms with Crippen molar-refractivity contribution in [2.24, 2.45) is 5.16 Å². The molecule has 2 aromatic rings. The molecule has 5 heteroatoms. The molecule has 0 aliphatic carbocycles. The minimum Gasteiger partial charge on any atom is -0.487 e. The van der Waals surface area contributed by atoms with Gasteiger partial charge in [0.15, 0.2) is 0 Å². The Labute approximate surface area is 127 Å². The Morgan fingerprint density at radius 3 is 2.55 bits per heavy atom. The van der Waals surface area contributed by atoms with Crippen molar-refractivity contribution in [3.05, 3.63) is 63.1 Å².